The van der Waals surface area contributed by atoms with E-state index >= 15 is 0 Å². The van der Waals surface area contributed by atoms with Gasteiger partial charge in [-0.3, -0.25) is 0 Å². The molecule has 0 amide bonds. The second-order valence-corrected chi connectivity index (χ2v) is 3.70. The van der Waals surface area contributed by atoms with Crippen molar-refractivity contribution in [3.8, 4) is 0 Å². The fourth-order valence-electron chi connectivity index (χ4n) is 1.35. The average Bonchev–Trinajstić information content (AvgIpc) is 1.81. The minimum absolute atomic E-state index is 0.693. The van der Waals surface area contributed by atoms with Gasteiger partial charge in [0.1, 0.15) is 0 Å². The Morgan fingerprint density at radius 1 is 1.10 bits per heavy atom. The quantitative estimate of drug-likeness (QED) is 0.590. The number of alkyl halides is 1. The number of hydrogen-bond acceptors (Lipinski definition) is 0. The standard InChI is InChI=1S/C8H18ClN/c1-7(2)10(6-5-9)8(3)4/h7-8H,5-6H2,1-4H3/p+1. The topological polar surface area (TPSA) is 4.44 Å². The molecule has 0 aliphatic carbocycles. The zero-order valence-electron chi connectivity index (χ0n) is 7.45. The van der Waals surface area contributed by atoms with Crippen LogP contribution in [-0.2, 0) is 0 Å². The van der Waals surface area contributed by atoms with Crippen LogP contribution in [0.3, 0.4) is 0 Å². The van der Waals surface area contributed by atoms with E-state index in [1.807, 2.05) is 0 Å². The van der Waals surface area contributed by atoms with Crippen molar-refractivity contribution in [3.05, 3.63) is 0 Å². The molecule has 10 heavy (non-hydrogen) atoms. The fraction of sp³-hybridized carbons (Fsp3) is 1.00. The van der Waals surface area contributed by atoms with Gasteiger partial charge < -0.3 is 4.90 Å². The van der Waals surface area contributed by atoms with Gasteiger partial charge in [0.15, 0.2) is 0 Å². The molecule has 0 rings (SSSR count). The van der Waals surface area contributed by atoms with E-state index in [1.54, 1.807) is 4.90 Å². The van der Waals surface area contributed by atoms with E-state index in [2.05, 4.69) is 27.7 Å². The Labute approximate surface area is 69.4 Å². The third kappa shape index (κ3) is 3.43. The Morgan fingerprint density at radius 2 is 1.50 bits per heavy atom. The van der Waals surface area contributed by atoms with Crippen LogP contribution < -0.4 is 4.90 Å². The van der Waals surface area contributed by atoms with Crippen LogP contribution in [0.25, 0.3) is 0 Å². The summed E-state index contributed by atoms with van der Waals surface area (Å²) in [6.45, 7) is 10.0. The molecule has 1 N–H and O–H groups in total. The Kier molecular flexibility index (Phi) is 5.10. The first-order valence-corrected chi connectivity index (χ1v) is 4.54. The van der Waals surface area contributed by atoms with Gasteiger partial charge in [0, 0.05) is 0 Å². The van der Waals surface area contributed by atoms with E-state index in [1.165, 1.54) is 0 Å². The Bertz CT molecular complexity index is 73.3. The monoisotopic (exact) mass is 164 g/mol. The largest absolute Gasteiger partial charge is 0.330 e. The van der Waals surface area contributed by atoms with Gasteiger partial charge in [0.05, 0.1) is 24.5 Å². The number of quaternary nitrogens is 1. The molecule has 0 aliphatic heterocycles. The van der Waals surface area contributed by atoms with E-state index in [0.29, 0.717) is 12.1 Å². The molecule has 0 aromatic rings. The van der Waals surface area contributed by atoms with E-state index < -0.39 is 0 Å². The highest BCUT2D eigenvalue weighted by atomic mass is 35.5. The van der Waals surface area contributed by atoms with Gasteiger partial charge in [-0.25, -0.2) is 0 Å². The highest BCUT2D eigenvalue weighted by Gasteiger charge is 2.14. The minimum atomic E-state index is 0.693. The maximum Gasteiger partial charge on any atom is 0.0912 e. The third-order valence-corrected chi connectivity index (χ3v) is 2.06. The molecule has 0 radical (unpaired) electrons. The van der Waals surface area contributed by atoms with Crippen LogP contribution in [0.5, 0.6) is 0 Å². The molecule has 0 aromatic heterocycles. The van der Waals surface area contributed by atoms with Crippen molar-refractivity contribution in [3.63, 3.8) is 0 Å². The predicted molar refractivity (Wildman–Crippen MR) is 46.8 cm³/mol. The lowest BCUT2D eigenvalue weighted by Gasteiger charge is -2.26. The maximum atomic E-state index is 5.66. The van der Waals surface area contributed by atoms with Crippen molar-refractivity contribution in [2.75, 3.05) is 12.4 Å². The summed E-state index contributed by atoms with van der Waals surface area (Å²) in [5, 5.41) is 0. The molecule has 0 fully saturated rings. The molecule has 0 aliphatic rings. The highest BCUT2D eigenvalue weighted by Crippen LogP contribution is 1.77. The first-order chi connectivity index (χ1) is 4.59. The van der Waals surface area contributed by atoms with Crippen LogP contribution in [0.2, 0.25) is 0 Å². The van der Waals surface area contributed by atoms with Crippen LogP contribution in [0.15, 0.2) is 0 Å². The molecule has 0 saturated heterocycles. The van der Waals surface area contributed by atoms with Gasteiger partial charge in [0.25, 0.3) is 0 Å². The molecule has 62 valence electrons. The number of hydrogen-bond donors (Lipinski definition) is 1. The maximum absolute atomic E-state index is 5.66. The van der Waals surface area contributed by atoms with Crippen molar-refractivity contribution < 1.29 is 4.90 Å². The second kappa shape index (κ2) is 4.97. The van der Waals surface area contributed by atoms with Crippen LogP contribution in [-0.4, -0.2) is 24.5 Å². The Morgan fingerprint density at radius 3 is 1.60 bits per heavy atom. The van der Waals surface area contributed by atoms with Gasteiger partial charge in [0.2, 0.25) is 0 Å². The van der Waals surface area contributed by atoms with Crippen LogP contribution in [0.4, 0.5) is 0 Å². The lowest BCUT2D eigenvalue weighted by atomic mass is 10.2. The highest BCUT2D eigenvalue weighted by molar-refractivity contribution is 6.17. The van der Waals surface area contributed by atoms with Gasteiger partial charge in [-0.1, -0.05) is 0 Å². The summed E-state index contributed by atoms with van der Waals surface area (Å²) >= 11 is 5.66. The molecule has 0 saturated carbocycles. The van der Waals surface area contributed by atoms with E-state index in [0.717, 1.165) is 12.4 Å². The summed E-state index contributed by atoms with van der Waals surface area (Å²) in [6.07, 6.45) is 0. The van der Waals surface area contributed by atoms with Crippen molar-refractivity contribution >= 4 is 11.6 Å². The molecule has 0 atom stereocenters. The predicted octanol–water partition coefficient (Wildman–Crippen LogP) is 0.927. The molecule has 0 spiro atoms. The molecular formula is C8H19ClN+. The molecule has 0 bridgehead atoms. The zero-order chi connectivity index (χ0) is 8.15. The summed E-state index contributed by atoms with van der Waals surface area (Å²) < 4.78 is 0. The Hall–Kier alpha value is 0.250. The summed E-state index contributed by atoms with van der Waals surface area (Å²) in [5.41, 5.74) is 0. The van der Waals surface area contributed by atoms with Crippen molar-refractivity contribution in [1.82, 2.24) is 0 Å². The summed E-state index contributed by atoms with van der Waals surface area (Å²) in [7, 11) is 0. The minimum Gasteiger partial charge on any atom is -0.330 e. The van der Waals surface area contributed by atoms with Crippen molar-refractivity contribution in [2.45, 2.75) is 39.8 Å². The van der Waals surface area contributed by atoms with Crippen molar-refractivity contribution in [2.24, 2.45) is 0 Å². The third-order valence-electron chi connectivity index (χ3n) is 1.87. The molecular weight excluding hydrogens is 146 g/mol. The molecule has 1 nitrogen and oxygen atoms in total. The first-order valence-electron chi connectivity index (χ1n) is 4.01. The normalized spacial score (nSPS) is 12.0. The summed E-state index contributed by atoms with van der Waals surface area (Å²) in [4.78, 5) is 1.59. The van der Waals surface area contributed by atoms with Gasteiger partial charge in [-0.05, 0) is 27.7 Å². The van der Waals surface area contributed by atoms with Gasteiger partial charge in [-0.15, -0.1) is 11.6 Å². The lowest BCUT2D eigenvalue weighted by molar-refractivity contribution is -0.939. The van der Waals surface area contributed by atoms with Crippen LogP contribution in [0, 0.1) is 0 Å². The summed E-state index contributed by atoms with van der Waals surface area (Å²) in [6, 6.07) is 1.39. The lowest BCUT2D eigenvalue weighted by Crippen LogP contribution is -3.18. The fourth-order valence-corrected chi connectivity index (χ4v) is 1.57. The molecule has 0 heterocycles. The number of nitrogens with one attached hydrogen (secondary N) is 1. The molecule has 0 unspecified atom stereocenters. The SMILES string of the molecule is CC(C)[NH+](CCCl)C(C)C. The molecule has 0 aromatic carbocycles. The van der Waals surface area contributed by atoms with Gasteiger partial charge in [-0.2, -0.15) is 0 Å². The Balaban J connectivity index is 3.73. The number of halogens is 1. The smallest absolute Gasteiger partial charge is 0.0912 e. The average molecular weight is 165 g/mol. The zero-order valence-corrected chi connectivity index (χ0v) is 8.20. The van der Waals surface area contributed by atoms with E-state index in [4.69, 9.17) is 11.6 Å². The van der Waals surface area contributed by atoms with Gasteiger partial charge >= 0.3 is 0 Å². The van der Waals surface area contributed by atoms with Crippen molar-refractivity contribution in [1.29, 1.82) is 0 Å². The van der Waals surface area contributed by atoms with E-state index in [-0.39, 0.29) is 0 Å². The van der Waals surface area contributed by atoms with Crippen LogP contribution in [0.1, 0.15) is 27.7 Å². The number of rotatable bonds is 4. The first kappa shape index (κ1) is 10.2. The van der Waals surface area contributed by atoms with Crippen LogP contribution >= 0.6 is 11.6 Å². The van der Waals surface area contributed by atoms with E-state index in [9.17, 15) is 0 Å². The summed E-state index contributed by atoms with van der Waals surface area (Å²) in [5.74, 6) is 0.770. The molecule has 2 heteroatoms. The second-order valence-electron chi connectivity index (χ2n) is 3.32.